The lowest BCUT2D eigenvalue weighted by Gasteiger charge is -2.36. The van der Waals surface area contributed by atoms with Crippen molar-refractivity contribution in [3.05, 3.63) is 35.2 Å². The van der Waals surface area contributed by atoms with E-state index >= 15 is 0 Å². The minimum atomic E-state index is 0.147. The summed E-state index contributed by atoms with van der Waals surface area (Å²) in [6.07, 6.45) is 4.06. The van der Waals surface area contributed by atoms with Crippen LogP contribution in [0.1, 0.15) is 67.1 Å². The molecule has 7 heteroatoms. The number of nitrogens with one attached hydrogen (secondary N) is 1. The minimum Gasteiger partial charge on any atom is -0.348 e. The fraction of sp³-hybridized carbons (Fsp3) is 0.667. The number of piperidine rings is 1. The second-order valence-corrected chi connectivity index (χ2v) is 8.65. The number of aromatic amines is 1. The fourth-order valence-corrected chi connectivity index (χ4v) is 4.59. The van der Waals surface area contributed by atoms with Gasteiger partial charge >= 0.3 is 0 Å². The van der Waals surface area contributed by atoms with Crippen LogP contribution in [0.2, 0.25) is 0 Å². The summed E-state index contributed by atoms with van der Waals surface area (Å²) in [4.78, 5) is 25.7. The van der Waals surface area contributed by atoms with Crippen molar-refractivity contribution in [1.82, 2.24) is 29.5 Å². The molecule has 7 nitrogen and oxygen atoms in total. The van der Waals surface area contributed by atoms with Gasteiger partial charge in [0.2, 0.25) is 0 Å². The van der Waals surface area contributed by atoms with Gasteiger partial charge in [0, 0.05) is 44.5 Å². The molecular formula is C21H32N6O. The number of carbonyl (C=O) groups excluding carboxylic acids is 1. The lowest BCUT2D eigenvalue weighted by molar-refractivity contribution is 0.0572. The lowest BCUT2D eigenvalue weighted by atomic mass is 9.94. The second kappa shape index (κ2) is 7.70. The fourth-order valence-electron chi connectivity index (χ4n) is 4.59. The third kappa shape index (κ3) is 3.60. The number of hydrogen-bond donors (Lipinski definition) is 1. The summed E-state index contributed by atoms with van der Waals surface area (Å²) in [5, 5.41) is 4.65. The van der Waals surface area contributed by atoms with Crippen LogP contribution >= 0.6 is 0 Å². The average Bonchev–Trinajstić information content (AvgIpc) is 3.18. The van der Waals surface area contributed by atoms with Gasteiger partial charge in [-0.05, 0) is 44.6 Å². The molecule has 1 amide bonds. The molecule has 0 unspecified atom stereocenters. The van der Waals surface area contributed by atoms with Crippen LogP contribution in [-0.2, 0) is 13.1 Å². The van der Waals surface area contributed by atoms with Crippen molar-refractivity contribution < 1.29 is 4.79 Å². The molecule has 2 aromatic heterocycles. The van der Waals surface area contributed by atoms with Crippen molar-refractivity contribution in [3.8, 4) is 0 Å². The molecule has 2 bridgehead atoms. The van der Waals surface area contributed by atoms with E-state index < -0.39 is 0 Å². The third-order valence-corrected chi connectivity index (χ3v) is 6.27. The van der Waals surface area contributed by atoms with Gasteiger partial charge in [0.1, 0.15) is 5.69 Å². The largest absolute Gasteiger partial charge is 0.348 e. The van der Waals surface area contributed by atoms with Gasteiger partial charge in [-0.15, -0.1) is 0 Å². The number of H-pyrrole nitrogens is 1. The normalized spacial score (nSPS) is 22.8. The van der Waals surface area contributed by atoms with E-state index in [1.165, 1.54) is 6.42 Å². The number of hydrogen-bond acceptors (Lipinski definition) is 4. The molecule has 3 aliphatic rings. The van der Waals surface area contributed by atoms with E-state index in [2.05, 4.69) is 52.6 Å². The number of fused-ring (bicyclic) bond motifs is 4. The third-order valence-electron chi connectivity index (χ3n) is 6.27. The molecule has 5 heterocycles. The Kier molecular flexibility index (Phi) is 5.27. The molecule has 0 aromatic carbocycles. The number of rotatable bonds is 5. The SMILES string of the molecule is CCn1nc(C(C)C)cc1C(=O)N1C[C@H]2CC[C@@H]1CN(Cc1nc[nH]c1C)C2. The maximum absolute atomic E-state index is 13.5. The van der Waals surface area contributed by atoms with Crippen LogP contribution in [0.15, 0.2) is 12.4 Å². The Morgan fingerprint density at radius 3 is 2.79 bits per heavy atom. The first-order chi connectivity index (χ1) is 13.5. The van der Waals surface area contributed by atoms with E-state index in [1.807, 2.05) is 10.7 Å². The van der Waals surface area contributed by atoms with Crippen molar-refractivity contribution in [2.75, 3.05) is 19.6 Å². The van der Waals surface area contributed by atoms with Crippen LogP contribution in [0, 0.1) is 12.8 Å². The van der Waals surface area contributed by atoms with Crippen LogP contribution in [0.3, 0.4) is 0 Å². The Bertz CT molecular complexity index is 838. The van der Waals surface area contributed by atoms with Crippen molar-refractivity contribution in [3.63, 3.8) is 0 Å². The first-order valence-electron chi connectivity index (χ1n) is 10.6. The maximum Gasteiger partial charge on any atom is 0.272 e. The van der Waals surface area contributed by atoms with Crippen LogP contribution in [0.5, 0.6) is 0 Å². The van der Waals surface area contributed by atoms with E-state index in [-0.39, 0.29) is 11.9 Å². The number of nitrogens with zero attached hydrogens (tertiary/aromatic N) is 5. The van der Waals surface area contributed by atoms with Crippen molar-refractivity contribution in [1.29, 1.82) is 0 Å². The molecule has 1 N–H and O–H groups in total. The van der Waals surface area contributed by atoms with Gasteiger partial charge in [-0.2, -0.15) is 5.10 Å². The van der Waals surface area contributed by atoms with Gasteiger partial charge in [0.15, 0.2) is 0 Å². The van der Waals surface area contributed by atoms with Gasteiger partial charge in [-0.3, -0.25) is 14.4 Å². The summed E-state index contributed by atoms with van der Waals surface area (Å²) < 4.78 is 1.88. The first kappa shape index (κ1) is 19.2. The van der Waals surface area contributed by atoms with Crippen molar-refractivity contribution in [2.45, 2.75) is 65.6 Å². The van der Waals surface area contributed by atoms with Crippen LogP contribution < -0.4 is 0 Å². The van der Waals surface area contributed by atoms with Gasteiger partial charge < -0.3 is 9.88 Å². The molecule has 0 radical (unpaired) electrons. The summed E-state index contributed by atoms with van der Waals surface area (Å²) in [5.41, 5.74) is 4.00. The highest BCUT2D eigenvalue weighted by Crippen LogP contribution is 2.30. The zero-order chi connectivity index (χ0) is 19.8. The second-order valence-electron chi connectivity index (χ2n) is 8.65. The minimum absolute atomic E-state index is 0.147. The van der Waals surface area contributed by atoms with Crippen LogP contribution in [-0.4, -0.2) is 61.1 Å². The molecule has 3 fully saturated rings. The molecule has 0 aliphatic carbocycles. The molecule has 5 rings (SSSR count). The number of imidazole rings is 1. The Balaban J connectivity index is 1.53. The zero-order valence-electron chi connectivity index (χ0n) is 17.5. The molecule has 0 saturated carbocycles. The van der Waals surface area contributed by atoms with Gasteiger partial charge in [0.25, 0.3) is 5.91 Å². The smallest absolute Gasteiger partial charge is 0.272 e. The molecular weight excluding hydrogens is 352 g/mol. The quantitative estimate of drug-likeness (QED) is 0.861. The zero-order valence-corrected chi connectivity index (χ0v) is 17.5. The first-order valence-corrected chi connectivity index (χ1v) is 10.6. The molecule has 2 aromatic rings. The predicted molar refractivity (Wildman–Crippen MR) is 108 cm³/mol. The van der Waals surface area contributed by atoms with E-state index in [9.17, 15) is 4.79 Å². The number of aromatic nitrogens is 4. The van der Waals surface area contributed by atoms with Crippen molar-refractivity contribution in [2.24, 2.45) is 5.92 Å². The molecule has 152 valence electrons. The molecule has 3 saturated heterocycles. The van der Waals surface area contributed by atoms with E-state index in [4.69, 9.17) is 0 Å². The molecule has 2 atom stereocenters. The Labute approximate surface area is 167 Å². The highest BCUT2D eigenvalue weighted by atomic mass is 16.2. The molecule has 0 spiro atoms. The van der Waals surface area contributed by atoms with Gasteiger partial charge in [-0.1, -0.05) is 13.8 Å². The summed E-state index contributed by atoms with van der Waals surface area (Å²) in [5.74, 6) is 1.01. The summed E-state index contributed by atoms with van der Waals surface area (Å²) >= 11 is 0. The number of amides is 1. The standard InChI is InChI=1S/C21H32N6O/c1-5-27-20(8-18(24-27)14(2)3)21(28)26-10-16-6-7-17(26)11-25(9-16)12-19-15(4)22-13-23-19/h8,13-14,16-17H,5-7,9-12H2,1-4H3,(H,22,23)/t16-,17+/m0/s1. The summed E-state index contributed by atoms with van der Waals surface area (Å²) in [6.45, 7) is 12.8. The number of carbonyl (C=O) groups is 1. The van der Waals surface area contributed by atoms with Crippen LogP contribution in [0.25, 0.3) is 0 Å². The average molecular weight is 385 g/mol. The van der Waals surface area contributed by atoms with Gasteiger partial charge in [-0.25, -0.2) is 4.98 Å². The highest BCUT2D eigenvalue weighted by molar-refractivity contribution is 5.93. The highest BCUT2D eigenvalue weighted by Gasteiger charge is 2.38. The molecule has 3 aliphatic heterocycles. The summed E-state index contributed by atoms with van der Waals surface area (Å²) in [6, 6.07) is 2.27. The van der Waals surface area contributed by atoms with Crippen molar-refractivity contribution >= 4 is 5.91 Å². The number of aryl methyl sites for hydroxylation is 2. The predicted octanol–water partition coefficient (Wildman–Crippen LogP) is 2.79. The van der Waals surface area contributed by atoms with Gasteiger partial charge in [0.05, 0.1) is 17.7 Å². The Morgan fingerprint density at radius 2 is 2.11 bits per heavy atom. The van der Waals surface area contributed by atoms with E-state index in [1.54, 1.807) is 6.33 Å². The van der Waals surface area contributed by atoms with E-state index in [0.717, 1.165) is 61.9 Å². The van der Waals surface area contributed by atoms with E-state index in [0.29, 0.717) is 11.8 Å². The maximum atomic E-state index is 13.5. The van der Waals surface area contributed by atoms with Crippen LogP contribution in [0.4, 0.5) is 0 Å². The summed E-state index contributed by atoms with van der Waals surface area (Å²) in [7, 11) is 0. The Hall–Kier alpha value is -2.15. The molecule has 28 heavy (non-hydrogen) atoms. The topological polar surface area (TPSA) is 70.1 Å². The monoisotopic (exact) mass is 384 g/mol. The lowest BCUT2D eigenvalue weighted by Crippen LogP contribution is -2.47. The Morgan fingerprint density at radius 1 is 1.29 bits per heavy atom.